The smallest absolute Gasteiger partial charge is 0.326 e. The average molecular weight is 268 g/mol. The van der Waals surface area contributed by atoms with Crippen molar-refractivity contribution in [2.75, 3.05) is 6.54 Å². The van der Waals surface area contributed by atoms with E-state index in [1.807, 2.05) is 0 Å². The van der Waals surface area contributed by atoms with Gasteiger partial charge < -0.3 is 10.0 Å². The molecular formula is C13H14ClNO3. The number of halogens is 1. The fraction of sp³-hybridized carbons (Fsp3) is 0.385. The van der Waals surface area contributed by atoms with Gasteiger partial charge in [-0.2, -0.15) is 0 Å². The third-order valence-electron chi connectivity index (χ3n) is 3.14. The maximum absolute atomic E-state index is 12.2. The van der Waals surface area contributed by atoms with Crippen LogP contribution in [-0.4, -0.2) is 34.5 Å². The summed E-state index contributed by atoms with van der Waals surface area (Å²) < 4.78 is 0. The van der Waals surface area contributed by atoms with Crippen LogP contribution in [0, 0.1) is 0 Å². The number of amides is 1. The highest BCUT2D eigenvalue weighted by Gasteiger charge is 2.32. The second-order valence-corrected chi connectivity index (χ2v) is 4.79. The van der Waals surface area contributed by atoms with Crippen LogP contribution < -0.4 is 0 Å². The molecule has 4 nitrogen and oxygen atoms in total. The van der Waals surface area contributed by atoms with Gasteiger partial charge in [0.05, 0.1) is 0 Å². The van der Waals surface area contributed by atoms with Crippen molar-refractivity contribution in [2.24, 2.45) is 0 Å². The van der Waals surface area contributed by atoms with Gasteiger partial charge in [0.15, 0.2) is 0 Å². The lowest BCUT2D eigenvalue weighted by Crippen LogP contribution is -2.47. The monoisotopic (exact) mass is 267 g/mol. The van der Waals surface area contributed by atoms with Gasteiger partial charge in [-0.05, 0) is 43.5 Å². The normalized spacial score (nSPS) is 19.6. The van der Waals surface area contributed by atoms with Gasteiger partial charge in [-0.1, -0.05) is 11.6 Å². The summed E-state index contributed by atoms with van der Waals surface area (Å²) in [6.45, 7) is 0.498. The summed E-state index contributed by atoms with van der Waals surface area (Å²) in [5, 5.41) is 9.69. The molecule has 1 aromatic rings. The van der Waals surface area contributed by atoms with Gasteiger partial charge in [-0.3, -0.25) is 4.79 Å². The van der Waals surface area contributed by atoms with Crippen LogP contribution in [0.1, 0.15) is 29.6 Å². The number of nitrogens with zero attached hydrogens (tertiary/aromatic N) is 1. The molecule has 1 fully saturated rings. The van der Waals surface area contributed by atoms with Gasteiger partial charge in [0.25, 0.3) is 5.91 Å². The number of aliphatic carboxylic acids is 1. The third kappa shape index (κ3) is 2.64. The van der Waals surface area contributed by atoms with E-state index in [9.17, 15) is 9.59 Å². The molecule has 1 aliphatic heterocycles. The molecule has 1 aliphatic rings. The quantitative estimate of drug-likeness (QED) is 0.895. The Hall–Kier alpha value is -1.55. The summed E-state index contributed by atoms with van der Waals surface area (Å²) in [5.41, 5.74) is 0.479. The molecule has 0 saturated carbocycles. The van der Waals surface area contributed by atoms with E-state index in [1.54, 1.807) is 24.3 Å². The van der Waals surface area contributed by atoms with Crippen molar-refractivity contribution in [1.29, 1.82) is 0 Å². The molecule has 18 heavy (non-hydrogen) atoms. The molecule has 0 aliphatic carbocycles. The number of carboxylic acid groups (broad SMARTS) is 1. The number of hydrogen-bond donors (Lipinski definition) is 1. The molecule has 96 valence electrons. The number of piperidine rings is 1. The molecule has 1 N–H and O–H groups in total. The third-order valence-corrected chi connectivity index (χ3v) is 3.39. The van der Waals surface area contributed by atoms with E-state index in [0.29, 0.717) is 23.6 Å². The van der Waals surface area contributed by atoms with Crippen LogP contribution in [0.4, 0.5) is 0 Å². The molecule has 1 aromatic carbocycles. The van der Waals surface area contributed by atoms with Crippen LogP contribution in [0.2, 0.25) is 5.02 Å². The molecule has 1 saturated heterocycles. The Kier molecular flexibility index (Phi) is 3.87. The van der Waals surface area contributed by atoms with Crippen LogP contribution in [-0.2, 0) is 4.79 Å². The Morgan fingerprint density at radius 1 is 1.22 bits per heavy atom. The second kappa shape index (κ2) is 5.40. The van der Waals surface area contributed by atoms with E-state index in [2.05, 4.69) is 0 Å². The first kappa shape index (κ1) is 12.9. The molecule has 1 atom stereocenters. The zero-order chi connectivity index (χ0) is 13.1. The van der Waals surface area contributed by atoms with Crippen molar-refractivity contribution >= 4 is 23.5 Å². The molecule has 1 heterocycles. The van der Waals surface area contributed by atoms with Gasteiger partial charge in [0.2, 0.25) is 0 Å². The number of carboxylic acids is 1. The van der Waals surface area contributed by atoms with Gasteiger partial charge in [0, 0.05) is 17.1 Å². The molecule has 0 radical (unpaired) electrons. The Morgan fingerprint density at radius 2 is 1.89 bits per heavy atom. The Labute approximate surface area is 110 Å². The molecule has 0 aromatic heterocycles. The lowest BCUT2D eigenvalue weighted by Gasteiger charge is -2.33. The highest BCUT2D eigenvalue weighted by atomic mass is 35.5. The van der Waals surface area contributed by atoms with Crippen molar-refractivity contribution in [1.82, 2.24) is 4.90 Å². The molecule has 0 bridgehead atoms. The number of carbonyl (C=O) groups excluding carboxylic acids is 1. The minimum absolute atomic E-state index is 0.237. The van der Waals surface area contributed by atoms with Gasteiger partial charge in [0.1, 0.15) is 6.04 Å². The van der Waals surface area contributed by atoms with Gasteiger partial charge >= 0.3 is 5.97 Å². The highest BCUT2D eigenvalue weighted by molar-refractivity contribution is 6.30. The number of carbonyl (C=O) groups is 2. The summed E-state index contributed by atoms with van der Waals surface area (Å²) in [6.07, 6.45) is 2.22. The lowest BCUT2D eigenvalue weighted by atomic mass is 10.0. The van der Waals surface area contributed by atoms with E-state index >= 15 is 0 Å². The Bertz CT molecular complexity index is 458. The van der Waals surface area contributed by atoms with E-state index < -0.39 is 12.0 Å². The first-order valence-corrected chi connectivity index (χ1v) is 6.27. The lowest BCUT2D eigenvalue weighted by molar-refractivity contribution is -0.143. The maximum Gasteiger partial charge on any atom is 0.326 e. The van der Waals surface area contributed by atoms with Crippen molar-refractivity contribution in [3.05, 3.63) is 34.9 Å². The van der Waals surface area contributed by atoms with Crippen LogP contribution in [0.15, 0.2) is 24.3 Å². The predicted molar refractivity (Wildman–Crippen MR) is 67.8 cm³/mol. The molecule has 0 spiro atoms. The van der Waals surface area contributed by atoms with E-state index in [-0.39, 0.29) is 5.91 Å². The Morgan fingerprint density at radius 3 is 2.50 bits per heavy atom. The first-order valence-electron chi connectivity index (χ1n) is 5.89. The average Bonchev–Trinajstić information content (AvgIpc) is 2.39. The van der Waals surface area contributed by atoms with Crippen molar-refractivity contribution in [3.63, 3.8) is 0 Å². The molecule has 1 unspecified atom stereocenters. The molecule has 1 amide bonds. The number of benzene rings is 1. The zero-order valence-electron chi connectivity index (χ0n) is 9.80. The van der Waals surface area contributed by atoms with Crippen LogP contribution in [0.5, 0.6) is 0 Å². The fourth-order valence-corrected chi connectivity index (χ4v) is 2.32. The minimum atomic E-state index is -0.933. The van der Waals surface area contributed by atoms with Gasteiger partial charge in [-0.15, -0.1) is 0 Å². The van der Waals surface area contributed by atoms with Crippen molar-refractivity contribution in [2.45, 2.75) is 25.3 Å². The van der Waals surface area contributed by atoms with E-state index in [0.717, 1.165) is 12.8 Å². The summed E-state index contributed by atoms with van der Waals surface area (Å²) in [5.74, 6) is -1.17. The standard InChI is InChI=1S/C13H14ClNO3/c14-10-6-4-9(5-7-10)12(16)15-8-2-1-3-11(15)13(17)18/h4-7,11H,1-3,8H2,(H,17,18). The van der Waals surface area contributed by atoms with Crippen LogP contribution in [0.3, 0.4) is 0 Å². The van der Waals surface area contributed by atoms with Crippen LogP contribution in [0.25, 0.3) is 0 Å². The summed E-state index contributed by atoms with van der Waals surface area (Å²) >= 11 is 5.76. The number of rotatable bonds is 2. The largest absolute Gasteiger partial charge is 0.480 e. The zero-order valence-corrected chi connectivity index (χ0v) is 10.6. The summed E-state index contributed by atoms with van der Waals surface area (Å²) in [6, 6.07) is 5.81. The van der Waals surface area contributed by atoms with Crippen molar-refractivity contribution < 1.29 is 14.7 Å². The molecule has 5 heteroatoms. The van der Waals surface area contributed by atoms with Gasteiger partial charge in [-0.25, -0.2) is 4.79 Å². The SMILES string of the molecule is O=C(O)C1CCCCN1C(=O)c1ccc(Cl)cc1. The van der Waals surface area contributed by atoms with Crippen LogP contribution >= 0.6 is 11.6 Å². The minimum Gasteiger partial charge on any atom is -0.480 e. The molecule has 2 rings (SSSR count). The van der Waals surface area contributed by atoms with E-state index in [1.165, 1.54) is 4.90 Å². The Balaban J connectivity index is 2.20. The maximum atomic E-state index is 12.2. The number of likely N-dealkylation sites (tertiary alicyclic amines) is 1. The second-order valence-electron chi connectivity index (χ2n) is 4.36. The summed E-state index contributed by atoms with van der Waals surface area (Å²) in [7, 11) is 0. The van der Waals surface area contributed by atoms with E-state index in [4.69, 9.17) is 16.7 Å². The highest BCUT2D eigenvalue weighted by Crippen LogP contribution is 2.20. The van der Waals surface area contributed by atoms with Crippen molar-refractivity contribution in [3.8, 4) is 0 Å². The first-order chi connectivity index (χ1) is 8.59. The summed E-state index contributed by atoms with van der Waals surface area (Å²) in [4.78, 5) is 24.8. The number of hydrogen-bond acceptors (Lipinski definition) is 2. The molecular weight excluding hydrogens is 254 g/mol. The topological polar surface area (TPSA) is 57.6 Å². The predicted octanol–water partition coefficient (Wildman–Crippen LogP) is 2.42. The fourth-order valence-electron chi connectivity index (χ4n) is 2.19.